The van der Waals surface area contributed by atoms with E-state index in [2.05, 4.69) is 20.1 Å². The van der Waals surface area contributed by atoms with Crippen LogP contribution >= 0.6 is 0 Å². The van der Waals surface area contributed by atoms with Crippen LogP contribution in [0.5, 0.6) is 0 Å². The molecule has 168 valence electrons. The van der Waals surface area contributed by atoms with Crippen molar-refractivity contribution < 1.29 is 13.2 Å². The molecule has 0 radical (unpaired) electrons. The van der Waals surface area contributed by atoms with Gasteiger partial charge >= 0.3 is 0 Å². The van der Waals surface area contributed by atoms with Crippen molar-refractivity contribution in [3.63, 3.8) is 0 Å². The summed E-state index contributed by atoms with van der Waals surface area (Å²) >= 11 is 0. The van der Waals surface area contributed by atoms with Crippen LogP contribution < -0.4 is 10.0 Å². The molecule has 0 aliphatic heterocycles. The number of aromatic nitrogens is 3. The van der Waals surface area contributed by atoms with Gasteiger partial charge in [-0.1, -0.05) is 35.9 Å². The molecule has 0 fully saturated rings. The Bertz CT molecular complexity index is 1360. The summed E-state index contributed by atoms with van der Waals surface area (Å²) in [7, 11) is -3.84. The van der Waals surface area contributed by atoms with Gasteiger partial charge < -0.3 is 5.32 Å². The Kier molecular flexibility index (Phi) is 6.23. The van der Waals surface area contributed by atoms with Crippen LogP contribution in [0.2, 0.25) is 0 Å². The quantitative estimate of drug-likeness (QED) is 0.437. The van der Waals surface area contributed by atoms with Crippen molar-refractivity contribution in [2.45, 2.75) is 25.3 Å². The molecule has 0 atom stereocenters. The van der Waals surface area contributed by atoms with Gasteiger partial charge in [-0.05, 0) is 61.4 Å². The van der Waals surface area contributed by atoms with Crippen LogP contribution in [-0.2, 0) is 16.6 Å². The number of benzene rings is 3. The SMILES string of the molecule is Cc1ccc(NS(=O)(=O)c2ccc(C)c(C(=O)NCc3ccc(-n4cncn4)cc3)c2)cc1. The lowest BCUT2D eigenvalue weighted by Gasteiger charge is -2.12. The van der Waals surface area contributed by atoms with E-state index in [0.717, 1.165) is 16.8 Å². The van der Waals surface area contributed by atoms with Gasteiger partial charge in [-0.25, -0.2) is 18.1 Å². The van der Waals surface area contributed by atoms with E-state index >= 15 is 0 Å². The Morgan fingerprint density at radius 2 is 1.70 bits per heavy atom. The van der Waals surface area contributed by atoms with Crippen molar-refractivity contribution in [2.24, 2.45) is 0 Å². The summed E-state index contributed by atoms with van der Waals surface area (Å²) in [4.78, 5) is 16.8. The smallest absolute Gasteiger partial charge is 0.261 e. The summed E-state index contributed by atoms with van der Waals surface area (Å²) in [5.74, 6) is -0.347. The molecule has 1 heterocycles. The van der Waals surface area contributed by atoms with Gasteiger partial charge in [0.1, 0.15) is 12.7 Å². The van der Waals surface area contributed by atoms with Gasteiger partial charge in [0, 0.05) is 17.8 Å². The molecule has 4 rings (SSSR count). The topological polar surface area (TPSA) is 106 Å². The van der Waals surface area contributed by atoms with E-state index in [4.69, 9.17) is 0 Å². The zero-order valence-corrected chi connectivity index (χ0v) is 19.0. The summed E-state index contributed by atoms with van der Waals surface area (Å²) in [6.45, 7) is 3.99. The molecule has 1 amide bonds. The fourth-order valence-electron chi connectivity index (χ4n) is 3.23. The Labute approximate surface area is 192 Å². The minimum Gasteiger partial charge on any atom is -0.348 e. The Balaban J connectivity index is 1.46. The molecule has 0 aliphatic rings. The highest BCUT2D eigenvalue weighted by molar-refractivity contribution is 7.92. The number of sulfonamides is 1. The average molecular weight is 462 g/mol. The highest BCUT2D eigenvalue weighted by Crippen LogP contribution is 2.20. The number of rotatable bonds is 7. The van der Waals surface area contributed by atoms with Gasteiger partial charge in [0.05, 0.1) is 10.6 Å². The fraction of sp³-hybridized carbons (Fsp3) is 0.125. The second-order valence-electron chi connectivity index (χ2n) is 7.64. The number of carbonyl (C=O) groups is 1. The number of aryl methyl sites for hydroxylation is 2. The average Bonchev–Trinajstić information content (AvgIpc) is 3.34. The minimum atomic E-state index is -3.84. The first kappa shape index (κ1) is 22.2. The second-order valence-corrected chi connectivity index (χ2v) is 9.32. The van der Waals surface area contributed by atoms with Crippen molar-refractivity contribution in [2.75, 3.05) is 4.72 Å². The van der Waals surface area contributed by atoms with Crippen LogP contribution in [0, 0.1) is 13.8 Å². The molecule has 4 aromatic rings. The Hall–Kier alpha value is -3.98. The van der Waals surface area contributed by atoms with Gasteiger partial charge in [-0.2, -0.15) is 5.10 Å². The molecule has 0 spiro atoms. The molecule has 1 aromatic heterocycles. The van der Waals surface area contributed by atoms with Crippen LogP contribution in [-0.4, -0.2) is 29.1 Å². The number of nitrogens with one attached hydrogen (secondary N) is 2. The fourth-order valence-corrected chi connectivity index (χ4v) is 4.32. The molecule has 9 heteroatoms. The lowest BCUT2D eigenvalue weighted by molar-refractivity contribution is 0.0950. The number of nitrogens with zero attached hydrogens (tertiary/aromatic N) is 3. The zero-order chi connectivity index (χ0) is 23.4. The highest BCUT2D eigenvalue weighted by atomic mass is 32.2. The predicted molar refractivity (Wildman–Crippen MR) is 126 cm³/mol. The summed E-state index contributed by atoms with van der Waals surface area (Å²) in [5.41, 5.74) is 4.23. The second kappa shape index (κ2) is 9.25. The molecule has 0 bridgehead atoms. The summed E-state index contributed by atoms with van der Waals surface area (Å²) in [6, 6.07) is 19.1. The standard InChI is InChI=1S/C24H23N5O3S/c1-17-3-8-20(9-4-17)28-33(31,32)22-12-5-18(2)23(13-22)24(30)26-14-19-6-10-21(11-7-19)29-16-25-15-27-29/h3-13,15-16,28H,14H2,1-2H3,(H,26,30). The van der Waals surface area contributed by atoms with Crippen molar-refractivity contribution >= 4 is 21.6 Å². The van der Waals surface area contributed by atoms with Crippen molar-refractivity contribution in [1.82, 2.24) is 20.1 Å². The van der Waals surface area contributed by atoms with E-state index in [-0.39, 0.29) is 10.8 Å². The Morgan fingerprint density at radius 1 is 0.970 bits per heavy atom. The molecule has 0 aliphatic carbocycles. The van der Waals surface area contributed by atoms with E-state index in [1.54, 1.807) is 36.1 Å². The van der Waals surface area contributed by atoms with Crippen LogP contribution in [0.1, 0.15) is 27.0 Å². The summed E-state index contributed by atoms with van der Waals surface area (Å²) in [6.07, 6.45) is 3.06. The van der Waals surface area contributed by atoms with E-state index in [1.165, 1.54) is 18.5 Å². The first-order valence-electron chi connectivity index (χ1n) is 10.2. The van der Waals surface area contributed by atoms with E-state index in [1.807, 2.05) is 43.3 Å². The Morgan fingerprint density at radius 3 is 2.36 bits per heavy atom. The molecule has 0 unspecified atom stereocenters. The van der Waals surface area contributed by atoms with Crippen LogP contribution in [0.25, 0.3) is 5.69 Å². The van der Waals surface area contributed by atoms with E-state index in [0.29, 0.717) is 23.4 Å². The molecule has 3 aromatic carbocycles. The van der Waals surface area contributed by atoms with Crippen LogP contribution in [0.3, 0.4) is 0 Å². The number of hydrogen-bond donors (Lipinski definition) is 2. The third-order valence-corrected chi connectivity index (χ3v) is 6.52. The molecule has 33 heavy (non-hydrogen) atoms. The summed E-state index contributed by atoms with van der Waals surface area (Å²) in [5, 5.41) is 6.94. The number of amides is 1. The van der Waals surface area contributed by atoms with Gasteiger partial charge in [0.2, 0.25) is 0 Å². The molecular weight excluding hydrogens is 438 g/mol. The molecule has 2 N–H and O–H groups in total. The maximum absolute atomic E-state index is 12.8. The van der Waals surface area contributed by atoms with Gasteiger partial charge in [0.25, 0.3) is 15.9 Å². The lowest BCUT2D eigenvalue weighted by Crippen LogP contribution is -2.24. The largest absolute Gasteiger partial charge is 0.348 e. The predicted octanol–water partition coefficient (Wildman–Crippen LogP) is 3.61. The molecule has 8 nitrogen and oxygen atoms in total. The van der Waals surface area contributed by atoms with Crippen molar-refractivity contribution in [3.05, 3.63) is 102 Å². The third-order valence-electron chi connectivity index (χ3n) is 5.14. The monoisotopic (exact) mass is 461 g/mol. The van der Waals surface area contributed by atoms with Crippen molar-refractivity contribution in [1.29, 1.82) is 0 Å². The maximum atomic E-state index is 12.8. The third kappa shape index (κ3) is 5.27. The minimum absolute atomic E-state index is 0.0241. The zero-order valence-electron chi connectivity index (χ0n) is 18.2. The number of hydrogen-bond acceptors (Lipinski definition) is 5. The normalized spacial score (nSPS) is 11.2. The van der Waals surface area contributed by atoms with Crippen molar-refractivity contribution in [3.8, 4) is 5.69 Å². The first-order valence-corrected chi connectivity index (χ1v) is 11.7. The maximum Gasteiger partial charge on any atom is 0.261 e. The van der Waals surface area contributed by atoms with Gasteiger partial charge in [-0.15, -0.1) is 0 Å². The molecule has 0 saturated carbocycles. The van der Waals surface area contributed by atoms with E-state index in [9.17, 15) is 13.2 Å². The number of carbonyl (C=O) groups excluding carboxylic acids is 1. The molecule has 0 saturated heterocycles. The number of anilines is 1. The van der Waals surface area contributed by atoms with Crippen LogP contribution in [0.4, 0.5) is 5.69 Å². The van der Waals surface area contributed by atoms with E-state index < -0.39 is 10.0 Å². The van der Waals surface area contributed by atoms with Gasteiger partial charge in [0.15, 0.2) is 0 Å². The summed E-state index contributed by atoms with van der Waals surface area (Å²) < 4.78 is 29.8. The highest BCUT2D eigenvalue weighted by Gasteiger charge is 2.18. The first-order chi connectivity index (χ1) is 15.8. The molecular formula is C24H23N5O3S. The van der Waals surface area contributed by atoms with Gasteiger partial charge in [-0.3, -0.25) is 9.52 Å². The lowest BCUT2D eigenvalue weighted by atomic mass is 10.1. The van der Waals surface area contributed by atoms with Crippen LogP contribution in [0.15, 0.2) is 84.3 Å².